The van der Waals surface area contributed by atoms with Crippen molar-refractivity contribution in [1.29, 1.82) is 0 Å². The van der Waals surface area contributed by atoms with Crippen LogP contribution in [0.1, 0.15) is 180 Å². The minimum Gasteiger partial charge on any atom is -0.494 e. The number of Topliss-reactive ketones (excluding diaryl/α,β-unsaturated/α-hetero) is 1. The van der Waals surface area contributed by atoms with Gasteiger partial charge in [-0.25, -0.2) is 4.98 Å². The zero-order chi connectivity index (χ0) is 57.7. The zero-order valence-electron chi connectivity index (χ0n) is 46.7. The van der Waals surface area contributed by atoms with Crippen LogP contribution in [0, 0.1) is 23.2 Å². The van der Waals surface area contributed by atoms with E-state index in [0.29, 0.717) is 74.7 Å². The largest absolute Gasteiger partial charge is 0.494 e. The number of imide groups is 2. The van der Waals surface area contributed by atoms with Crippen LogP contribution in [0.5, 0.6) is 5.75 Å². The van der Waals surface area contributed by atoms with Crippen LogP contribution in [0.4, 0.5) is 0 Å². The summed E-state index contributed by atoms with van der Waals surface area (Å²) >= 11 is 0. The number of aromatic nitrogens is 2. The lowest BCUT2D eigenvalue weighted by Crippen LogP contribution is -2.62. The molecule has 81 heavy (non-hydrogen) atoms. The predicted molar refractivity (Wildman–Crippen MR) is 294 cm³/mol. The average Bonchev–Trinajstić information content (AvgIpc) is 4.11. The van der Waals surface area contributed by atoms with Crippen LogP contribution in [0.25, 0.3) is 10.8 Å². The molecule has 9 rings (SSSR count). The number of likely N-dealkylation sites (tertiary alicyclic amines) is 1. The molecular weight excluding hydrogens is 1040 g/mol. The maximum atomic E-state index is 14.9. The molecule has 434 valence electrons. The Morgan fingerprint density at radius 1 is 0.852 bits per heavy atom. The van der Waals surface area contributed by atoms with Crippen LogP contribution in [0.2, 0.25) is 0 Å². The third kappa shape index (κ3) is 13.3. The molecule has 3 aliphatic carbocycles. The molecule has 7 N–H and O–H groups in total. The Morgan fingerprint density at radius 2 is 1.62 bits per heavy atom. The maximum Gasteiger partial charge on any atom is 0.289 e. The summed E-state index contributed by atoms with van der Waals surface area (Å²) in [5.41, 5.74) is -0.218. The fourth-order valence-corrected chi connectivity index (χ4v) is 12.4. The number of ether oxygens (including phenoxy) is 1. The Bertz CT molecular complexity index is 2930. The Morgan fingerprint density at radius 3 is 2.32 bits per heavy atom. The van der Waals surface area contributed by atoms with Gasteiger partial charge < -0.3 is 36.0 Å². The lowest BCUT2D eigenvalue weighted by molar-refractivity contribution is -0.146. The van der Waals surface area contributed by atoms with E-state index in [1.54, 1.807) is 35.2 Å². The molecule has 22 nitrogen and oxygen atoms in total. The first kappa shape index (κ1) is 58.5. The second kappa shape index (κ2) is 25.3. The Labute approximate surface area is 470 Å². The normalized spacial score (nSPS) is 22.5. The van der Waals surface area contributed by atoms with Crippen LogP contribution in [-0.4, -0.2) is 140 Å². The maximum absolute atomic E-state index is 14.9. The van der Waals surface area contributed by atoms with E-state index < -0.39 is 101 Å². The number of carbonyl (C=O) groups is 10. The van der Waals surface area contributed by atoms with E-state index in [9.17, 15) is 53.1 Å². The van der Waals surface area contributed by atoms with Gasteiger partial charge in [-0.2, -0.15) is 0 Å². The fraction of sp³-hybridized carbons (Fsp3) is 0.593. The van der Waals surface area contributed by atoms with Crippen molar-refractivity contribution >= 4 is 69.7 Å². The molecule has 3 aromatic rings. The first-order valence-corrected chi connectivity index (χ1v) is 29.0. The quantitative estimate of drug-likeness (QED) is 0.0307. The van der Waals surface area contributed by atoms with E-state index in [0.717, 1.165) is 56.3 Å². The predicted octanol–water partition coefficient (Wildman–Crippen LogP) is 3.83. The Balaban J connectivity index is 0.775. The number of unbranched alkanes of at least 4 members (excludes halogenated alkanes) is 2. The number of hydrogen-bond acceptors (Lipinski definition) is 15. The number of hydrogen-bond donors (Lipinski definition) is 7. The van der Waals surface area contributed by atoms with Gasteiger partial charge in [0.1, 0.15) is 41.5 Å². The molecule has 0 radical (unpaired) electrons. The molecule has 3 aliphatic heterocycles. The number of nitrogens with one attached hydrogen (secondary N) is 6. The van der Waals surface area contributed by atoms with E-state index in [2.05, 4.69) is 41.9 Å². The molecule has 9 amide bonds. The van der Waals surface area contributed by atoms with E-state index in [1.807, 2.05) is 27.7 Å². The number of aliphatic hydroxyl groups is 1. The summed E-state index contributed by atoms with van der Waals surface area (Å²) in [7, 11) is 0. The van der Waals surface area contributed by atoms with Crippen molar-refractivity contribution in [2.45, 2.75) is 179 Å². The van der Waals surface area contributed by atoms with Gasteiger partial charge in [0, 0.05) is 36.5 Å². The van der Waals surface area contributed by atoms with Gasteiger partial charge in [0.25, 0.3) is 23.6 Å². The molecule has 5 fully saturated rings. The van der Waals surface area contributed by atoms with Crippen LogP contribution in [0.3, 0.4) is 0 Å². The van der Waals surface area contributed by atoms with Gasteiger partial charge >= 0.3 is 0 Å². The smallest absolute Gasteiger partial charge is 0.289 e. The summed E-state index contributed by atoms with van der Waals surface area (Å²) in [6.07, 6.45) is 12.0. The Kier molecular flexibility index (Phi) is 18.3. The van der Waals surface area contributed by atoms with Crippen molar-refractivity contribution in [3.8, 4) is 5.75 Å². The first-order valence-electron chi connectivity index (χ1n) is 29.0. The third-order valence-electron chi connectivity index (χ3n) is 16.9. The fourth-order valence-electron chi connectivity index (χ4n) is 12.4. The number of aliphatic hydroxyl groups excluding tert-OH is 1. The van der Waals surface area contributed by atoms with Gasteiger partial charge in [0.15, 0.2) is 0 Å². The Hall–Kier alpha value is -7.20. The highest BCUT2D eigenvalue weighted by Crippen LogP contribution is 2.44. The lowest BCUT2D eigenvalue weighted by atomic mass is 9.82. The number of fused-ring (bicyclic) bond motifs is 1. The molecule has 3 saturated carbocycles. The number of rotatable bonds is 23. The molecular formula is C59H76N10O12. The minimum atomic E-state index is -1.47. The second-order valence-electron chi connectivity index (χ2n) is 23.8. The summed E-state index contributed by atoms with van der Waals surface area (Å²) in [6, 6.07) is 3.30. The van der Waals surface area contributed by atoms with Gasteiger partial charge in [-0.1, -0.05) is 71.9 Å². The third-order valence-corrected chi connectivity index (χ3v) is 16.9. The van der Waals surface area contributed by atoms with Crippen molar-refractivity contribution < 1.29 is 57.8 Å². The number of piperidine rings is 1. The molecule has 0 bridgehead atoms. The number of ketones is 1. The van der Waals surface area contributed by atoms with Crippen molar-refractivity contribution in [3.05, 3.63) is 65.2 Å². The van der Waals surface area contributed by atoms with E-state index >= 15 is 0 Å². The average molecular weight is 1120 g/mol. The van der Waals surface area contributed by atoms with Crippen LogP contribution in [-0.2, 0) is 33.6 Å². The molecule has 1 aromatic heterocycles. The summed E-state index contributed by atoms with van der Waals surface area (Å²) < 4.78 is 6.05. The highest BCUT2D eigenvalue weighted by atomic mass is 16.5. The van der Waals surface area contributed by atoms with Crippen molar-refractivity contribution in [2.24, 2.45) is 23.2 Å². The molecule has 2 unspecified atom stereocenters. The standard InChI is InChI=1S/C59H76N10O12/c1-5-14-40(48(71)55(77)63-35-21-22-35)64-54(76)47-37-19-13-18-34(37)31-68(47)58(80)49(59(2,3)4)67-53(75)46(32-15-8-6-9-16-32)66-51(73)42-30-61-41(29-62-42)50(72)60-25-10-7-11-26-81-36-27-33-17-12-20-38-45(33)39(28-36)57(79)69(56(38)78)43-23-24-44(70)65-52(43)74/h12,17,20,27-30,32,34-35,37,40,43,46-47,49,51,66,73H,5-11,13-16,18-19,21-26,31H2,1-4H3,(H,60,72)(H,63,77)(H,64,76)(H,67,75)(H,65,70,74)/t34-,37-,40-,43?,46-,47-,49+,51?/m0/s1. The first-order chi connectivity index (χ1) is 38.8. The molecule has 6 aliphatic rings. The molecule has 2 aromatic carbocycles. The van der Waals surface area contributed by atoms with E-state index in [-0.39, 0.29) is 65.6 Å². The van der Waals surface area contributed by atoms with Crippen LogP contribution in [0.15, 0.2) is 42.7 Å². The highest BCUT2D eigenvalue weighted by Gasteiger charge is 2.53. The summed E-state index contributed by atoms with van der Waals surface area (Å²) in [6.45, 7) is 8.32. The van der Waals surface area contributed by atoms with Crippen LogP contribution < -0.4 is 36.6 Å². The molecule has 0 spiro atoms. The number of amides is 9. The van der Waals surface area contributed by atoms with Gasteiger partial charge in [0.05, 0.1) is 36.6 Å². The lowest BCUT2D eigenvalue weighted by Gasteiger charge is -2.38. The number of carbonyl (C=O) groups excluding carboxylic acids is 10. The van der Waals surface area contributed by atoms with Crippen molar-refractivity contribution in [1.82, 2.24) is 51.7 Å². The SMILES string of the molecule is CCC[C@H](NC(=O)[C@@H]1[C@H]2CCC[C@H]2CN1C(=O)[C@@H](NC(=O)[C@@H](NC(O)c1cnc(C(=O)NCCCCCOc2cc3c4c(cccc4c2)C(=O)N(C2CCC(=O)NC2=O)C3=O)cn1)C1CCCCC1)C(C)(C)C)C(=O)C(=O)NC1CC1. The monoisotopic (exact) mass is 1120 g/mol. The molecule has 4 heterocycles. The summed E-state index contributed by atoms with van der Waals surface area (Å²) in [5, 5.41) is 29.5. The van der Waals surface area contributed by atoms with Gasteiger partial charge in [-0.15, -0.1) is 0 Å². The summed E-state index contributed by atoms with van der Waals surface area (Å²) in [4.78, 5) is 146. The zero-order valence-corrected chi connectivity index (χ0v) is 46.7. The topological polar surface area (TPSA) is 305 Å². The molecule has 8 atom stereocenters. The molecule has 22 heteroatoms. The van der Waals surface area contributed by atoms with Crippen molar-refractivity contribution in [3.63, 3.8) is 0 Å². The number of benzene rings is 2. The van der Waals surface area contributed by atoms with E-state index in [4.69, 9.17) is 4.74 Å². The van der Waals surface area contributed by atoms with Crippen molar-refractivity contribution in [2.75, 3.05) is 19.7 Å². The molecule has 2 saturated heterocycles. The van der Waals surface area contributed by atoms with Gasteiger partial charge in [-0.05, 0) is 117 Å². The van der Waals surface area contributed by atoms with Crippen LogP contribution >= 0.6 is 0 Å². The van der Waals surface area contributed by atoms with E-state index in [1.165, 1.54) is 12.4 Å². The minimum absolute atomic E-state index is 0.00698. The van der Waals surface area contributed by atoms with Gasteiger partial charge in [-0.3, -0.25) is 68.5 Å². The second-order valence-corrected chi connectivity index (χ2v) is 23.8. The highest BCUT2D eigenvalue weighted by molar-refractivity contribution is 6.38. The summed E-state index contributed by atoms with van der Waals surface area (Å²) in [5.74, 6) is -5.54. The number of nitrogens with zero attached hydrogens (tertiary/aromatic N) is 4. The van der Waals surface area contributed by atoms with Gasteiger partial charge in [0.2, 0.25) is 35.3 Å².